The van der Waals surface area contributed by atoms with Gasteiger partial charge in [-0.3, -0.25) is 9.78 Å². The van der Waals surface area contributed by atoms with E-state index in [1.807, 2.05) is 24.3 Å². The number of piperazine rings is 1. The van der Waals surface area contributed by atoms with Crippen LogP contribution in [0.1, 0.15) is 19.3 Å². The summed E-state index contributed by atoms with van der Waals surface area (Å²) in [7, 11) is 3.61. The van der Waals surface area contributed by atoms with Crippen LogP contribution in [0.2, 0.25) is 0 Å². The van der Waals surface area contributed by atoms with E-state index in [0.717, 1.165) is 25.9 Å². The molecule has 2 N–H and O–H groups in total. The van der Waals surface area contributed by atoms with Crippen molar-refractivity contribution in [3.05, 3.63) is 52.7 Å². The molecule has 3 saturated heterocycles. The molecule has 2 atom stereocenters. The highest BCUT2D eigenvalue weighted by Crippen LogP contribution is 2.34. The number of hydrogen-bond donors (Lipinski definition) is 2. The molecule has 0 aliphatic carbocycles. The monoisotopic (exact) mass is 503 g/mol. The Labute approximate surface area is 213 Å². The Morgan fingerprint density at radius 1 is 1.08 bits per heavy atom. The van der Waals surface area contributed by atoms with E-state index in [2.05, 4.69) is 42.1 Å². The molecule has 37 heavy (non-hydrogen) atoms. The Morgan fingerprint density at radius 3 is 2.49 bits per heavy atom. The number of aromatic nitrogens is 4. The highest BCUT2D eigenvalue weighted by Gasteiger charge is 2.34. The topological polar surface area (TPSA) is 99.3 Å². The van der Waals surface area contributed by atoms with Crippen molar-refractivity contribution in [3.63, 3.8) is 0 Å². The van der Waals surface area contributed by atoms with Crippen LogP contribution >= 0.6 is 0 Å². The average Bonchev–Trinajstić information content (AvgIpc) is 3.24. The van der Waals surface area contributed by atoms with Crippen molar-refractivity contribution in [3.8, 4) is 17.4 Å². The maximum atomic E-state index is 15.9. The van der Waals surface area contributed by atoms with E-state index < -0.39 is 5.82 Å². The molecule has 1 aromatic carbocycles. The Balaban J connectivity index is 0.000000453. The minimum Gasteiger partial charge on any atom is -0.467 e. The number of nitrogens with one attached hydrogen (secondary N) is 2. The lowest BCUT2D eigenvalue weighted by Crippen LogP contribution is -2.51. The zero-order valence-corrected chi connectivity index (χ0v) is 21.0. The first-order chi connectivity index (χ1) is 18.0. The number of nitrogens with zero attached hydrogens (tertiary/aromatic N) is 5. The number of H-pyrrole nitrogens is 1. The van der Waals surface area contributed by atoms with Gasteiger partial charge in [0.25, 0.3) is 0 Å². The number of hydrogen-bond acceptors (Lipinski definition) is 8. The van der Waals surface area contributed by atoms with Crippen molar-refractivity contribution in [2.24, 2.45) is 0 Å². The van der Waals surface area contributed by atoms with E-state index in [0.29, 0.717) is 39.8 Å². The van der Waals surface area contributed by atoms with Gasteiger partial charge in [-0.05, 0) is 44.8 Å². The third kappa shape index (κ3) is 4.51. The molecule has 192 valence electrons. The third-order valence-corrected chi connectivity index (χ3v) is 7.42. The van der Waals surface area contributed by atoms with Gasteiger partial charge in [0.15, 0.2) is 5.82 Å². The lowest BCUT2D eigenvalue weighted by molar-refractivity contribution is 0.229. The van der Waals surface area contributed by atoms with Gasteiger partial charge in [0.2, 0.25) is 5.56 Å². The molecule has 3 aliphatic rings. The van der Waals surface area contributed by atoms with Gasteiger partial charge in [-0.15, -0.1) is 0 Å². The van der Waals surface area contributed by atoms with Crippen molar-refractivity contribution in [2.75, 3.05) is 45.2 Å². The first kappa shape index (κ1) is 23.7. The molecule has 0 radical (unpaired) electrons. The number of fused-ring (bicyclic) bond motifs is 4. The van der Waals surface area contributed by atoms with Gasteiger partial charge in [-0.25, -0.2) is 4.39 Å². The van der Waals surface area contributed by atoms with E-state index in [4.69, 9.17) is 4.74 Å². The number of pyridine rings is 2. The zero-order chi connectivity index (χ0) is 25.5. The van der Waals surface area contributed by atoms with Gasteiger partial charge in [0.1, 0.15) is 17.0 Å². The highest BCUT2D eigenvalue weighted by molar-refractivity contribution is 5.97. The van der Waals surface area contributed by atoms with Gasteiger partial charge in [-0.1, -0.05) is 24.3 Å². The van der Waals surface area contributed by atoms with Crippen LogP contribution in [0.3, 0.4) is 0 Å². The third-order valence-electron chi connectivity index (χ3n) is 7.42. The van der Waals surface area contributed by atoms with Crippen molar-refractivity contribution in [2.45, 2.75) is 31.3 Å². The summed E-state index contributed by atoms with van der Waals surface area (Å²) in [6.07, 6.45) is 5.24. The van der Waals surface area contributed by atoms with Crippen molar-refractivity contribution < 1.29 is 9.13 Å². The summed E-state index contributed by atoms with van der Waals surface area (Å²) in [6.45, 7) is 4.21. The Morgan fingerprint density at radius 2 is 1.81 bits per heavy atom. The van der Waals surface area contributed by atoms with Gasteiger partial charge >= 0.3 is 6.01 Å². The molecule has 3 aliphatic heterocycles. The van der Waals surface area contributed by atoms with Crippen molar-refractivity contribution in [1.29, 1.82) is 0 Å². The lowest BCUT2D eigenvalue weighted by atomic mass is 10.1. The molecule has 9 nitrogen and oxygen atoms in total. The molecule has 4 aromatic rings. The molecule has 2 unspecified atom stereocenters. The van der Waals surface area contributed by atoms with Crippen LogP contribution < -0.4 is 20.5 Å². The Bertz CT molecular complexity index is 1510. The SMILES string of the molecule is CN1CCC1.COc1nc(N2CC3CCC(C2)N3)c2cnc(-c3[nH]c(=O)cc4ccccc34)c(F)c2n1. The summed E-state index contributed by atoms with van der Waals surface area (Å²) in [6, 6.07) is 9.68. The predicted molar refractivity (Wildman–Crippen MR) is 142 cm³/mol. The first-order valence-electron chi connectivity index (χ1n) is 12.7. The van der Waals surface area contributed by atoms with Crippen molar-refractivity contribution in [1.82, 2.24) is 30.2 Å². The van der Waals surface area contributed by atoms with Gasteiger partial charge in [0, 0.05) is 42.8 Å². The van der Waals surface area contributed by atoms with Crippen LogP contribution in [0.15, 0.2) is 41.3 Å². The quantitative estimate of drug-likeness (QED) is 0.440. The maximum absolute atomic E-state index is 15.9. The van der Waals surface area contributed by atoms with Crippen LogP contribution in [0.25, 0.3) is 33.1 Å². The summed E-state index contributed by atoms with van der Waals surface area (Å²) >= 11 is 0. The molecule has 0 amide bonds. The molecule has 0 saturated carbocycles. The number of anilines is 1. The fraction of sp³-hybridized carbons (Fsp3) is 0.407. The smallest absolute Gasteiger partial charge is 0.318 e. The van der Waals surface area contributed by atoms with Crippen LogP contribution in [0, 0.1) is 5.82 Å². The molecule has 6 heterocycles. The van der Waals surface area contributed by atoms with E-state index in [1.54, 1.807) is 6.20 Å². The van der Waals surface area contributed by atoms with Crippen molar-refractivity contribution >= 4 is 27.5 Å². The normalized spacial score (nSPS) is 21.0. The largest absolute Gasteiger partial charge is 0.467 e. The lowest BCUT2D eigenvalue weighted by Gasteiger charge is -2.34. The molecular formula is C27H30FN7O2. The van der Waals surface area contributed by atoms with Crippen LogP contribution in [0.4, 0.5) is 10.2 Å². The molecule has 2 bridgehead atoms. The number of halogens is 1. The summed E-state index contributed by atoms with van der Waals surface area (Å²) in [4.78, 5) is 32.7. The number of rotatable bonds is 3. The number of methoxy groups -OCH3 is 1. The number of ether oxygens (including phenoxy) is 1. The van der Waals surface area contributed by atoms with Crippen LogP contribution in [-0.4, -0.2) is 77.3 Å². The maximum Gasteiger partial charge on any atom is 0.318 e. The van der Waals surface area contributed by atoms with Gasteiger partial charge in [0.05, 0.1) is 18.2 Å². The standard InChI is InChI=1S/C23H21FN6O2.C4H9N/c1-32-23-28-19-16(22(29-23)30-10-13-6-7-14(11-30)26-13)9-25-21(18(19)24)20-15-5-3-2-4-12(15)8-17(31)27-20;1-5-3-2-4-5/h2-5,8-9,13-14,26H,6-7,10-11H2,1H3,(H,27,31);2-4H2,1H3. The first-order valence-corrected chi connectivity index (χ1v) is 12.7. The molecule has 3 fully saturated rings. The molecule has 10 heteroatoms. The van der Waals surface area contributed by atoms with E-state index in [1.165, 1.54) is 32.7 Å². The van der Waals surface area contributed by atoms with E-state index in [9.17, 15) is 4.79 Å². The fourth-order valence-electron chi connectivity index (χ4n) is 5.38. The highest BCUT2D eigenvalue weighted by atomic mass is 19.1. The molecule has 0 spiro atoms. The van der Waals surface area contributed by atoms with E-state index in [-0.39, 0.29) is 22.8 Å². The number of benzene rings is 1. The second kappa shape index (κ2) is 9.68. The minimum atomic E-state index is -0.616. The van der Waals surface area contributed by atoms with Gasteiger partial charge < -0.3 is 24.8 Å². The number of likely N-dealkylation sites (tertiary alicyclic amines) is 1. The second-order valence-electron chi connectivity index (χ2n) is 10.0. The summed E-state index contributed by atoms with van der Waals surface area (Å²) in [5.41, 5.74) is 0.166. The van der Waals surface area contributed by atoms with Crippen LogP contribution in [0.5, 0.6) is 6.01 Å². The van der Waals surface area contributed by atoms with Gasteiger partial charge in [-0.2, -0.15) is 9.97 Å². The average molecular weight is 504 g/mol. The second-order valence-corrected chi connectivity index (χ2v) is 10.0. The number of aromatic amines is 1. The summed E-state index contributed by atoms with van der Waals surface area (Å²) < 4.78 is 21.2. The fourth-order valence-corrected chi connectivity index (χ4v) is 5.38. The Hall–Kier alpha value is -3.63. The summed E-state index contributed by atoms with van der Waals surface area (Å²) in [5, 5.41) is 5.53. The molecular weight excluding hydrogens is 473 g/mol. The minimum absolute atomic E-state index is 0.0403. The zero-order valence-electron chi connectivity index (χ0n) is 21.0. The molecule has 7 rings (SSSR count). The summed E-state index contributed by atoms with van der Waals surface area (Å²) in [5.74, 6) is 0.00386. The molecule has 3 aromatic heterocycles. The Kier molecular flexibility index (Phi) is 6.21. The van der Waals surface area contributed by atoms with Crippen LogP contribution in [-0.2, 0) is 0 Å². The predicted octanol–water partition coefficient (Wildman–Crippen LogP) is 2.94. The van der Waals surface area contributed by atoms with E-state index >= 15 is 4.39 Å².